The van der Waals surface area contributed by atoms with E-state index in [2.05, 4.69) is 21.2 Å². The number of thiophene rings is 1. The predicted octanol–water partition coefficient (Wildman–Crippen LogP) is 5.29. The quantitative estimate of drug-likeness (QED) is 0.420. The molecule has 1 heterocycles. The number of nitrogens with one attached hydrogen (secondary N) is 1. The molecule has 2 aromatic rings. The first-order chi connectivity index (χ1) is 14.8. The van der Waals surface area contributed by atoms with Crippen LogP contribution in [0.2, 0.25) is 0 Å². The van der Waals surface area contributed by atoms with Gasteiger partial charge in [-0.3, -0.25) is 4.79 Å². The van der Waals surface area contributed by atoms with Crippen LogP contribution in [-0.2, 0) is 9.59 Å². The number of carbonyl (C=O) groups excluding carboxylic acids is 1. The van der Waals surface area contributed by atoms with Gasteiger partial charge in [-0.2, -0.15) is 0 Å². The third kappa shape index (κ3) is 5.65. The molecule has 9 heteroatoms. The van der Waals surface area contributed by atoms with Crippen LogP contribution in [0.25, 0.3) is 10.4 Å². The van der Waals surface area contributed by atoms with Crippen molar-refractivity contribution in [3.63, 3.8) is 0 Å². The van der Waals surface area contributed by atoms with E-state index in [1.807, 2.05) is 24.3 Å². The van der Waals surface area contributed by atoms with E-state index < -0.39 is 18.5 Å². The Hall–Kier alpha value is -2.39. The largest absolute Gasteiger partial charge is 0.479 e. The first-order valence-electron chi connectivity index (χ1n) is 10.1. The fourth-order valence-electron chi connectivity index (χ4n) is 3.93. The van der Waals surface area contributed by atoms with Crippen molar-refractivity contribution in [2.75, 3.05) is 11.9 Å². The molecule has 0 aliphatic heterocycles. The highest BCUT2D eigenvalue weighted by atomic mass is 79.9. The highest BCUT2D eigenvalue weighted by Crippen LogP contribution is 2.46. The van der Waals surface area contributed by atoms with Crippen molar-refractivity contribution in [2.24, 2.45) is 5.92 Å². The average molecular weight is 510 g/mol. The van der Waals surface area contributed by atoms with Gasteiger partial charge in [0.25, 0.3) is 0 Å². The number of hydrogen-bond acceptors (Lipinski definition) is 6. The highest BCUT2D eigenvalue weighted by Gasteiger charge is 2.28. The molecule has 0 spiro atoms. The zero-order valence-corrected chi connectivity index (χ0v) is 19.4. The average Bonchev–Trinajstić information content (AvgIpc) is 3.07. The molecule has 0 bridgehead atoms. The molecule has 1 unspecified atom stereocenters. The van der Waals surface area contributed by atoms with Gasteiger partial charge in [0.05, 0.1) is 15.4 Å². The summed E-state index contributed by atoms with van der Waals surface area (Å²) in [4.78, 5) is 35.3. The van der Waals surface area contributed by atoms with Crippen molar-refractivity contribution < 1.29 is 29.3 Å². The van der Waals surface area contributed by atoms with Gasteiger partial charge in [0.1, 0.15) is 0 Å². The Morgan fingerprint density at radius 2 is 1.94 bits per heavy atom. The lowest BCUT2D eigenvalue weighted by Crippen LogP contribution is -2.36. The minimum absolute atomic E-state index is 0.00270. The minimum Gasteiger partial charge on any atom is -0.479 e. The number of rotatable bonds is 9. The number of halogens is 1. The van der Waals surface area contributed by atoms with E-state index in [4.69, 9.17) is 9.84 Å². The molecule has 1 aliphatic carbocycles. The Morgan fingerprint density at radius 1 is 1.23 bits per heavy atom. The third-order valence-electron chi connectivity index (χ3n) is 5.35. The van der Waals surface area contributed by atoms with E-state index in [1.54, 1.807) is 6.92 Å². The Labute approximate surface area is 192 Å². The van der Waals surface area contributed by atoms with Gasteiger partial charge in [-0.15, -0.1) is 11.3 Å². The number of carboxylic acids is 2. The number of ether oxygens (including phenoxy) is 1. The Morgan fingerprint density at radius 3 is 2.55 bits per heavy atom. The summed E-state index contributed by atoms with van der Waals surface area (Å²) in [6, 6.07) is 7.15. The van der Waals surface area contributed by atoms with Crippen molar-refractivity contribution >= 4 is 50.7 Å². The molecule has 3 rings (SSSR count). The van der Waals surface area contributed by atoms with Crippen molar-refractivity contribution in [1.82, 2.24) is 0 Å². The maximum atomic E-state index is 12.3. The Balaban J connectivity index is 1.90. The summed E-state index contributed by atoms with van der Waals surface area (Å²) < 4.78 is 5.61. The van der Waals surface area contributed by atoms with Gasteiger partial charge >= 0.3 is 11.9 Å². The number of Topliss-reactive ketones (excluding diaryl/α,β-unsaturated/α-hetero) is 1. The van der Waals surface area contributed by atoms with E-state index >= 15 is 0 Å². The van der Waals surface area contributed by atoms with E-state index in [0.29, 0.717) is 15.3 Å². The summed E-state index contributed by atoms with van der Waals surface area (Å²) in [7, 11) is 0. The molecule has 7 nitrogen and oxygen atoms in total. The molecule has 3 N–H and O–H groups in total. The smallest absolute Gasteiger partial charge is 0.349 e. The zero-order chi connectivity index (χ0) is 22.5. The standard InChI is InChI=1S/C22H24BrNO6S/c1-12(25)18(13-6-3-2-4-7-13)24-15-9-5-8-14(10-15)20-17(23)19(30-11-16(26)27)21(31-20)22(28)29/h5,8-10,13,18,24H,2-4,6-7,11H2,1H3,(H,26,27)(H,28,29). The van der Waals surface area contributed by atoms with Crippen LogP contribution in [-0.4, -0.2) is 40.6 Å². The number of benzene rings is 1. The van der Waals surface area contributed by atoms with Crippen molar-refractivity contribution in [3.8, 4) is 16.2 Å². The fraction of sp³-hybridized carbons (Fsp3) is 0.409. The lowest BCUT2D eigenvalue weighted by atomic mass is 9.82. The third-order valence-corrected chi connectivity index (χ3v) is 7.58. The van der Waals surface area contributed by atoms with E-state index in [-0.39, 0.29) is 22.5 Å². The van der Waals surface area contributed by atoms with Gasteiger partial charge in [0.2, 0.25) is 0 Å². The number of hydrogen-bond donors (Lipinski definition) is 3. The number of carbonyl (C=O) groups is 3. The second kappa shape index (κ2) is 10.3. The summed E-state index contributed by atoms with van der Waals surface area (Å²) in [6.07, 6.45) is 5.53. The number of aliphatic carboxylic acids is 1. The second-order valence-corrected chi connectivity index (χ2v) is 9.42. The topological polar surface area (TPSA) is 113 Å². The predicted molar refractivity (Wildman–Crippen MR) is 122 cm³/mol. The molecular formula is C22H24BrNO6S. The first-order valence-corrected chi connectivity index (χ1v) is 11.7. The van der Waals surface area contributed by atoms with Crippen molar-refractivity contribution in [2.45, 2.75) is 45.1 Å². The number of aromatic carboxylic acids is 1. The van der Waals surface area contributed by atoms with Gasteiger partial charge in [0.15, 0.2) is 23.0 Å². The monoisotopic (exact) mass is 509 g/mol. The Kier molecular flexibility index (Phi) is 7.72. The van der Waals surface area contributed by atoms with Crippen LogP contribution in [0.3, 0.4) is 0 Å². The van der Waals surface area contributed by atoms with Crippen LogP contribution in [0.15, 0.2) is 28.7 Å². The van der Waals surface area contributed by atoms with Gasteiger partial charge in [-0.05, 0) is 59.3 Å². The molecular weight excluding hydrogens is 486 g/mol. The van der Waals surface area contributed by atoms with E-state index in [0.717, 1.165) is 48.3 Å². The molecule has 1 atom stereocenters. The summed E-state index contributed by atoms with van der Waals surface area (Å²) in [6.45, 7) is 0.968. The zero-order valence-electron chi connectivity index (χ0n) is 17.0. The summed E-state index contributed by atoms with van der Waals surface area (Å²) >= 11 is 4.37. The maximum absolute atomic E-state index is 12.3. The lowest BCUT2D eigenvalue weighted by Gasteiger charge is -2.30. The molecule has 1 saturated carbocycles. The van der Waals surface area contributed by atoms with E-state index in [1.165, 1.54) is 6.42 Å². The van der Waals surface area contributed by atoms with E-state index in [9.17, 15) is 19.5 Å². The maximum Gasteiger partial charge on any atom is 0.349 e. The number of carboxylic acid groups (broad SMARTS) is 2. The molecule has 166 valence electrons. The molecule has 0 amide bonds. The van der Waals surface area contributed by atoms with Gasteiger partial charge in [0, 0.05) is 5.69 Å². The van der Waals surface area contributed by atoms with Crippen LogP contribution in [0, 0.1) is 5.92 Å². The molecule has 1 aromatic carbocycles. The Bertz CT molecular complexity index is 982. The van der Waals surface area contributed by atoms with Crippen molar-refractivity contribution in [3.05, 3.63) is 33.6 Å². The summed E-state index contributed by atoms with van der Waals surface area (Å²) in [5.41, 5.74) is 1.51. The number of anilines is 1. The van der Waals surface area contributed by atoms with Crippen LogP contribution in [0.4, 0.5) is 5.69 Å². The molecule has 31 heavy (non-hydrogen) atoms. The van der Waals surface area contributed by atoms with Crippen molar-refractivity contribution in [1.29, 1.82) is 0 Å². The lowest BCUT2D eigenvalue weighted by molar-refractivity contribution is -0.139. The van der Waals surface area contributed by atoms with Gasteiger partial charge < -0.3 is 20.3 Å². The van der Waals surface area contributed by atoms with Crippen LogP contribution in [0.5, 0.6) is 5.75 Å². The SMILES string of the molecule is CC(=O)C(Nc1cccc(-c2sc(C(=O)O)c(OCC(=O)O)c2Br)c1)C1CCCCC1. The van der Waals surface area contributed by atoms with Crippen LogP contribution in [0.1, 0.15) is 48.7 Å². The first kappa shape index (κ1) is 23.3. The van der Waals surface area contributed by atoms with Gasteiger partial charge in [-0.25, -0.2) is 9.59 Å². The molecule has 1 aliphatic rings. The minimum atomic E-state index is -1.19. The normalized spacial score (nSPS) is 15.3. The molecule has 0 saturated heterocycles. The molecule has 1 fully saturated rings. The van der Waals surface area contributed by atoms with Crippen LogP contribution < -0.4 is 10.1 Å². The van der Waals surface area contributed by atoms with Gasteiger partial charge in [-0.1, -0.05) is 31.4 Å². The number of ketones is 1. The van der Waals surface area contributed by atoms with Crippen LogP contribution >= 0.6 is 27.3 Å². The summed E-state index contributed by atoms with van der Waals surface area (Å²) in [5, 5.41) is 21.8. The second-order valence-electron chi connectivity index (χ2n) is 7.60. The summed E-state index contributed by atoms with van der Waals surface area (Å²) in [5.74, 6) is -1.98. The highest BCUT2D eigenvalue weighted by molar-refractivity contribution is 9.10. The molecule has 0 radical (unpaired) electrons. The molecule has 1 aromatic heterocycles. The fourth-order valence-corrected chi connectivity index (χ4v) is 5.82.